The van der Waals surface area contributed by atoms with E-state index in [0.717, 1.165) is 21.1 Å². The molecule has 0 spiro atoms. The number of hydrogen-bond donors (Lipinski definition) is 3. The lowest BCUT2D eigenvalue weighted by atomic mass is 10.0. The van der Waals surface area contributed by atoms with Crippen LogP contribution in [-0.2, 0) is 0 Å². The topological polar surface area (TPSA) is 82.0 Å². The molecule has 0 saturated heterocycles. The van der Waals surface area contributed by atoms with Gasteiger partial charge in [-0.05, 0) is 32.4 Å². The molecule has 3 rings (SSSR count). The first-order chi connectivity index (χ1) is 9.97. The van der Waals surface area contributed by atoms with Gasteiger partial charge in [-0.3, -0.25) is 5.10 Å². The summed E-state index contributed by atoms with van der Waals surface area (Å²) >= 11 is 1.63. The molecular weight excluding hydrogens is 286 g/mol. The van der Waals surface area contributed by atoms with E-state index < -0.39 is 0 Å². The number of aryl methyl sites for hydroxylation is 3. The third-order valence-electron chi connectivity index (χ3n) is 3.38. The van der Waals surface area contributed by atoms with E-state index in [1.807, 2.05) is 13.8 Å². The van der Waals surface area contributed by atoms with E-state index in [0.29, 0.717) is 16.8 Å². The summed E-state index contributed by atoms with van der Waals surface area (Å²) in [4.78, 5) is 5.64. The van der Waals surface area contributed by atoms with E-state index in [1.165, 1.54) is 6.07 Å². The Morgan fingerprint density at radius 1 is 1.05 bits per heavy atom. The quantitative estimate of drug-likeness (QED) is 0.676. The first-order valence-corrected chi connectivity index (χ1v) is 7.29. The summed E-state index contributed by atoms with van der Waals surface area (Å²) in [5.74, 6) is 0.0752. The van der Waals surface area contributed by atoms with E-state index in [1.54, 1.807) is 30.5 Å². The van der Waals surface area contributed by atoms with Gasteiger partial charge in [-0.1, -0.05) is 0 Å². The number of nitrogens with zero attached hydrogens (tertiary/aromatic N) is 2. The van der Waals surface area contributed by atoms with Gasteiger partial charge in [0.25, 0.3) is 0 Å². The van der Waals surface area contributed by atoms with Gasteiger partial charge < -0.3 is 10.2 Å². The molecule has 0 aliphatic rings. The monoisotopic (exact) mass is 301 g/mol. The maximum Gasteiger partial charge on any atom is 0.128 e. The van der Waals surface area contributed by atoms with Crippen LogP contribution in [0.15, 0.2) is 18.3 Å². The van der Waals surface area contributed by atoms with Crippen molar-refractivity contribution in [3.8, 4) is 34.0 Å². The fourth-order valence-corrected chi connectivity index (χ4v) is 3.17. The smallest absolute Gasteiger partial charge is 0.128 e. The van der Waals surface area contributed by atoms with Gasteiger partial charge >= 0.3 is 0 Å². The molecule has 2 aromatic heterocycles. The largest absolute Gasteiger partial charge is 0.508 e. The van der Waals surface area contributed by atoms with Crippen LogP contribution in [0.2, 0.25) is 0 Å². The molecule has 3 aromatic rings. The first-order valence-electron chi connectivity index (χ1n) is 6.48. The predicted molar refractivity (Wildman–Crippen MR) is 82.7 cm³/mol. The van der Waals surface area contributed by atoms with E-state index in [9.17, 15) is 10.2 Å². The molecule has 108 valence electrons. The molecular formula is C15H15N3O2S. The Morgan fingerprint density at radius 2 is 1.81 bits per heavy atom. The number of rotatable bonds is 2. The van der Waals surface area contributed by atoms with Gasteiger partial charge in [0.2, 0.25) is 0 Å². The SMILES string of the molecule is Cc1nc(-c2cn[nH]c2-c2cc(C)c(O)cc2O)c(C)s1. The van der Waals surface area contributed by atoms with Crippen molar-refractivity contribution in [1.82, 2.24) is 15.2 Å². The molecule has 21 heavy (non-hydrogen) atoms. The van der Waals surface area contributed by atoms with E-state index >= 15 is 0 Å². The van der Waals surface area contributed by atoms with Crippen molar-refractivity contribution in [3.05, 3.63) is 33.8 Å². The molecule has 0 bridgehead atoms. The number of hydrogen-bond acceptors (Lipinski definition) is 5. The Labute approximate surface area is 125 Å². The second-order valence-corrected chi connectivity index (χ2v) is 6.36. The Kier molecular flexibility index (Phi) is 3.17. The van der Waals surface area contributed by atoms with E-state index in [-0.39, 0.29) is 11.5 Å². The predicted octanol–water partition coefficient (Wildman–Crippen LogP) is 3.54. The maximum atomic E-state index is 10.1. The van der Waals surface area contributed by atoms with Crippen LogP contribution in [0.25, 0.3) is 22.5 Å². The molecule has 0 radical (unpaired) electrons. The molecule has 1 aromatic carbocycles. The lowest BCUT2D eigenvalue weighted by Crippen LogP contribution is -1.87. The van der Waals surface area contributed by atoms with Crippen molar-refractivity contribution in [2.45, 2.75) is 20.8 Å². The number of benzene rings is 1. The Morgan fingerprint density at radius 3 is 2.48 bits per heavy atom. The average molecular weight is 301 g/mol. The number of aromatic amines is 1. The standard InChI is InChI=1S/C15H15N3O2S/c1-7-4-10(13(20)5-12(7)19)15-11(6-16-18-15)14-8(2)21-9(3)17-14/h4-6,19-20H,1-3H3,(H,16,18). The van der Waals surface area contributed by atoms with Gasteiger partial charge in [-0.2, -0.15) is 5.10 Å². The summed E-state index contributed by atoms with van der Waals surface area (Å²) in [6.07, 6.45) is 1.71. The van der Waals surface area contributed by atoms with Gasteiger partial charge in [-0.25, -0.2) is 4.98 Å². The number of thiazole rings is 1. The molecule has 2 heterocycles. The van der Waals surface area contributed by atoms with Crippen molar-refractivity contribution < 1.29 is 10.2 Å². The number of H-pyrrole nitrogens is 1. The molecule has 3 N–H and O–H groups in total. The number of nitrogens with one attached hydrogen (secondary N) is 1. The van der Waals surface area contributed by atoms with Crippen molar-refractivity contribution >= 4 is 11.3 Å². The highest BCUT2D eigenvalue weighted by atomic mass is 32.1. The van der Waals surface area contributed by atoms with Gasteiger partial charge in [-0.15, -0.1) is 11.3 Å². The molecule has 0 aliphatic carbocycles. The summed E-state index contributed by atoms with van der Waals surface area (Å²) in [6, 6.07) is 3.07. The highest BCUT2D eigenvalue weighted by Crippen LogP contribution is 2.39. The number of aromatic hydroxyl groups is 2. The van der Waals surface area contributed by atoms with Crippen LogP contribution < -0.4 is 0 Å². The molecule has 0 amide bonds. The Balaban J connectivity index is 2.20. The Hall–Kier alpha value is -2.34. The summed E-state index contributed by atoms with van der Waals surface area (Å²) in [5, 5.41) is 27.8. The van der Waals surface area contributed by atoms with Gasteiger partial charge in [0, 0.05) is 22.1 Å². The maximum absolute atomic E-state index is 10.1. The molecule has 0 unspecified atom stereocenters. The fraction of sp³-hybridized carbons (Fsp3) is 0.200. The third-order valence-corrected chi connectivity index (χ3v) is 4.27. The minimum absolute atomic E-state index is 0.00760. The number of phenolic OH excluding ortho intramolecular Hbond substituents is 2. The van der Waals surface area contributed by atoms with Gasteiger partial charge in [0.15, 0.2) is 0 Å². The average Bonchev–Trinajstić information content (AvgIpc) is 3.00. The van der Waals surface area contributed by atoms with Gasteiger partial charge in [0.05, 0.1) is 22.6 Å². The lowest BCUT2D eigenvalue weighted by Gasteiger charge is -2.08. The zero-order valence-corrected chi connectivity index (χ0v) is 12.7. The van der Waals surface area contributed by atoms with Crippen molar-refractivity contribution in [3.63, 3.8) is 0 Å². The van der Waals surface area contributed by atoms with Crippen LogP contribution >= 0.6 is 11.3 Å². The fourth-order valence-electron chi connectivity index (χ4n) is 2.34. The second kappa shape index (κ2) is 4.89. The van der Waals surface area contributed by atoms with Crippen LogP contribution in [-0.4, -0.2) is 25.4 Å². The normalized spacial score (nSPS) is 11.0. The number of aromatic nitrogens is 3. The molecule has 6 heteroatoms. The van der Waals surface area contributed by atoms with Crippen LogP contribution in [0, 0.1) is 20.8 Å². The summed E-state index contributed by atoms with van der Waals surface area (Å²) < 4.78 is 0. The van der Waals surface area contributed by atoms with Crippen LogP contribution in [0.1, 0.15) is 15.4 Å². The van der Waals surface area contributed by atoms with Gasteiger partial charge in [0.1, 0.15) is 11.5 Å². The minimum atomic E-state index is 0.00760. The van der Waals surface area contributed by atoms with Crippen LogP contribution in [0.5, 0.6) is 11.5 Å². The third kappa shape index (κ3) is 2.27. The minimum Gasteiger partial charge on any atom is -0.508 e. The molecule has 5 nitrogen and oxygen atoms in total. The highest BCUT2D eigenvalue weighted by Gasteiger charge is 2.18. The van der Waals surface area contributed by atoms with Crippen molar-refractivity contribution in [2.75, 3.05) is 0 Å². The Bertz CT molecular complexity index is 820. The lowest BCUT2D eigenvalue weighted by molar-refractivity contribution is 0.449. The summed E-state index contributed by atoms with van der Waals surface area (Å²) in [5.41, 5.74) is 3.70. The highest BCUT2D eigenvalue weighted by molar-refractivity contribution is 7.11. The van der Waals surface area contributed by atoms with E-state index in [2.05, 4.69) is 15.2 Å². The first kappa shape index (κ1) is 13.6. The zero-order chi connectivity index (χ0) is 15.1. The summed E-state index contributed by atoms with van der Waals surface area (Å²) in [7, 11) is 0. The molecule has 0 fully saturated rings. The van der Waals surface area contributed by atoms with Crippen molar-refractivity contribution in [2.24, 2.45) is 0 Å². The molecule has 0 saturated carbocycles. The van der Waals surface area contributed by atoms with Crippen LogP contribution in [0.3, 0.4) is 0 Å². The summed E-state index contributed by atoms with van der Waals surface area (Å²) in [6.45, 7) is 5.76. The molecule has 0 atom stereocenters. The number of phenols is 2. The molecule has 0 aliphatic heterocycles. The zero-order valence-electron chi connectivity index (χ0n) is 11.9. The second-order valence-electron chi connectivity index (χ2n) is 4.95. The van der Waals surface area contributed by atoms with E-state index in [4.69, 9.17) is 0 Å². The van der Waals surface area contributed by atoms with Crippen LogP contribution in [0.4, 0.5) is 0 Å². The van der Waals surface area contributed by atoms with Crippen molar-refractivity contribution in [1.29, 1.82) is 0 Å².